The van der Waals surface area contributed by atoms with Gasteiger partial charge in [0.15, 0.2) is 18.9 Å². The van der Waals surface area contributed by atoms with Crippen LogP contribution in [0.25, 0.3) is 0 Å². The molecule has 147 heavy (non-hydrogen) atoms. The summed E-state index contributed by atoms with van der Waals surface area (Å²) in [6.45, 7) is 62.2. The van der Waals surface area contributed by atoms with Crippen molar-refractivity contribution in [2.24, 2.45) is 71.0 Å². The number of nitrogens with zero attached hydrogens (tertiary/aromatic N) is 4. The average Bonchev–Trinajstić information content (AvgIpc) is 0.725. The summed E-state index contributed by atoms with van der Waals surface area (Å²) in [5.41, 5.74) is -1.25. The van der Waals surface area contributed by atoms with E-state index in [9.17, 15) is 64.0 Å². The first-order valence-electron chi connectivity index (χ1n) is 50.7. The van der Waals surface area contributed by atoms with Crippen LogP contribution in [0.15, 0.2) is 0 Å². The van der Waals surface area contributed by atoms with Gasteiger partial charge in [-0.05, 0) is 12.3 Å². The largest absolute Gasteiger partial charge is 0.463 e. The highest BCUT2D eigenvalue weighted by atomic mass is 79.9. The highest BCUT2D eigenvalue weighted by Crippen LogP contribution is 2.59. The van der Waals surface area contributed by atoms with Crippen LogP contribution in [-0.2, 0) is 146 Å². The van der Waals surface area contributed by atoms with E-state index in [4.69, 9.17) is 123 Å². The van der Waals surface area contributed by atoms with Crippen LogP contribution in [0.2, 0.25) is 20.2 Å². The smallest absolute Gasteiger partial charge is 0.349 e. The number of halogens is 1. The van der Waals surface area contributed by atoms with Crippen molar-refractivity contribution >= 4 is 128 Å². The van der Waals surface area contributed by atoms with Gasteiger partial charge in [0, 0.05) is 141 Å². The van der Waals surface area contributed by atoms with Gasteiger partial charge in [-0.2, -0.15) is 21.0 Å². The predicted molar refractivity (Wildman–Crippen MR) is 551 cm³/mol. The lowest BCUT2D eigenvalue weighted by molar-refractivity contribution is -0.316. The Kier molecular flexibility index (Phi) is 52.0. The van der Waals surface area contributed by atoms with E-state index >= 15 is 0 Å². The van der Waals surface area contributed by atoms with Crippen LogP contribution in [0.5, 0.6) is 0 Å². The van der Waals surface area contributed by atoms with E-state index in [2.05, 4.69) is 124 Å². The van der Waals surface area contributed by atoms with Crippen molar-refractivity contribution in [1.82, 2.24) is 0 Å². The van der Waals surface area contributed by atoms with E-state index in [1.807, 2.05) is 89.2 Å². The maximum atomic E-state index is 11.9. The van der Waals surface area contributed by atoms with Crippen molar-refractivity contribution < 1.29 is 166 Å². The number of carbonyl (C=O) groups is 8. The molecule has 0 amide bonds. The molecule has 10 rings (SSSR count). The molecule has 0 bridgehead atoms. The van der Waals surface area contributed by atoms with Crippen molar-refractivity contribution in [1.29, 1.82) is 21.0 Å². The van der Waals surface area contributed by atoms with Crippen molar-refractivity contribution in [3.63, 3.8) is 0 Å². The summed E-state index contributed by atoms with van der Waals surface area (Å²) >= 11 is 8.96. The van der Waals surface area contributed by atoms with Crippen molar-refractivity contribution in [3.8, 4) is 24.3 Å². The Morgan fingerprint density at radius 2 is 0.599 bits per heavy atom. The fourth-order valence-electron chi connectivity index (χ4n) is 20.6. The lowest BCUT2D eigenvalue weighted by Crippen LogP contribution is -2.70. The Balaban J connectivity index is 0.000000287. The summed E-state index contributed by atoms with van der Waals surface area (Å²) in [6, 6.07) is 8.48. The van der Waals surface area contributed by atoms with Crippen LogP contribution in [-0.4, -0.2) is 322 Å². The summed E-state index contributed by atoms with van der Waals surface area (Å²) in [6.07, 6.45) is -13.4. The van der Waals surface area contributed by atoms with E-state index in [1.54, 1.807) is 0 Å². The molecule has 0 spiro atoms. The first-order valence-corrected chi connectivity index (χ1v) is 59.4. The molecule has 4 N–H and O–H groups in total. The van der Waals surface area contributed by atoms with Crippen LogP contribution in [0.1, 0.15) is 235 Å². The molecular weight excluding hydrogens is 2090 g/mol. The first kappa shape index (κ1) is 131. The van der Waals surface area contributed by atoms with Crippen LogP contribution in [0, 0.1) is 116 Å². The molecule has 0 saturated carbocycles. The monoisotopic (exact) mass is 2260 g/mol. The molecule has 0 aromatic heterocycles. The molecule has 10 saturated heterocycles. The summed E-state index contributed by atoms with van der Waals surface area (Å²) in [4.78, 5) is 91.4. The van der Waals surface area contributed by atoms with Crippen LogP contribution in [0.3, 0.4) is 0 Å². The fraction of sp³-hybridized carbons (Fsp3) is 0.881. The van der Waals surface area contributed by atoms with Gasteiger partial charge < -0.3 is 128 Å². The number of rotatable bonds is 28. The summed E-state index contributed by atoms with van der Waals surface area (Å²) < 4.78 is 137. The third-order valence-corrected chi connectivity index (χ3v) is 44.8. The molecule has 46 heteroatoms. The number of aliphatic hydroxyl groups is 4. The van der Waals surface area contributed by atoms with Gasteiger partial charge in [0.1, 0.15) is 145 Å². The van der Waals surface area contributed by atoms with Gasteiger partial charge in [-0.1, -0.05) is 189 Å². The number of aliphatic hydroxyl groups excluding tert-OH is 4. The number of ether oxygens (including phenoxy) is 19. The topological polar surface area (TPSA) is 525 Å². The molecule has 0 radical (unpaired) electrons. The molecule has 19 unspecified atom stereocenters. The van der Waals surface area contributed by atoms with Crippen LogP contribution >= 0.6 is 63.0 Å². The quantitative estimate of drug-likeness (QED) is 0.0245. The Morgan fingerprint density at radius 1 is 0.333 bits per heavy atom. The standard InChI is InChI=1S/C29H49NO9SSi.C22H35NO8S.C21H33NO9S.C17H31NO4SSi.C12H19BrO5/c1-16-17(2)26(36-21(14-33-19(4)31)23(16)35-20(5)32)38-24-18(3)27(40-13-12-30)37-22-15-34-41(28(6,7)8,29(9,10)11)39-25(22)24;1-7-16-18(26)20(13(4)22(30-16)32-9-8-23)31-21-12(3)11(2)19(28-15(6)25)17(29-21)10-27-14(5)24;1-10-11(2)20(29-16(9-27-13(4)24)18(10)28-14(5)25)31-19-12(3)21(32-7-6-22)30-15(8-23)17(19)26;1-11-13(19)14-12(21-15(11)23-9-8-18)10-20-24(22-14,16(2,3)4)17(5,6)7;1-6-7(2)12(13)18-10(5-16-8(3)14)11(6)17-9(4)15/h16-18,21-27H,13-15H2,1-11H3;11-13,16-22,26H,7,9-10H2,1-6H3;10-12,15-21,23,26H,7-9H2,1-5H3;11-15,19H,9-10H2,1-7H3;6-7,10-12H,5H2,1-4H3/t16?,17?,18-,21?,22?,23+,24?,25+,26-,27-;11?,12?,13-,16?,17?,18+,19+,20?,21-,22-;10?,11?,12-,15?,16?,17+,18+,19?,20-,21-;11-,12?,13?,14+,15-;6?,7-,10?,11+,12-/m00000/s1. The van der Waals surface area contributed by atoms with Gasteiger partial charge >= 0.3 is 64.9 Å². The number of hydrogen-bond acceptors (Lipinski definition) is 43. The highest BCUT2D eigenvalue weighted by Gasteiger charge is 2.67. The predicted octanol–water partition coefficient (Wildman–Crippen LogP) is 13.3. The number of nitriles is 4. The summed E-state index contributed by atoms with van der Waals surface area (Å²) in [7, 11) is -5.46. The molecule has 10 fully saturated rings. The second kappa shape index (κ2) is 58.3. The molecule has 40 atom stereocenters. The number of thioether (sulfide) groups is 4. The lowest BCUT2D eigenvalue weighted by atomic mass is 9.84. The van der Waals surface area contributed by atoms with E-state index in [0.717, 1.165) is 0 Å². The number of carbonyl (C=O) groups excluding carboxylic acids is 8. The summed E-state index contributed by atoms with van der Waals surface area (Å²) in [5, 5.41) is 77.3. The Morgan fingerprint density at radius 3 is 0.891 bits per heavy atom. The first-order chi connectivity index (χ1) is 68.4. The number of hydrogen-bond donors (Lipinski definition) is 4. The van der Waals surface area contributed by atoms with Gasteiger partial charge in [0.05, 0.1) is 97.6 Å². The zero-order valence-electron chi connectivity index (χ0n) is 91.8. The van der Waals surface area contributed by atoms with E-state index < -0.39 is 188 Å². The maximum Gasteiger partial charge on any atom is 0.349 e. The van der Waals surface area contributed by atoms with E-state index in [-0.39, 0.29) is 186 Å². The number of esters is 8. The molecule has 39 nitrogen and oxygen atoms in total. The van der Waals surface area contributed by atoms with Gasteiger partial charge in [-0.15, -0.1) is 47.0 Å². The van der Waals surface area contributed by atoms with Gasteiger partial charge in [-0.25, -0.2) is 0 Å². The molecule has 0 aromatic carbocycles. The highest BCUT2D eigenvalue weighted by molar-refractivity contribution is 9.09. The van der Waals surface area contributed by atoms with Crippen LogP contribution in [0.4, 0.5) is 0 Å². The van der Waals surface area contributed by atoms with Gasteiger partial charge in [0.25, 0.3) is 0 Å². The molecular formula is C101H167BrN4O35S4Si2. The third kappa shape index (κ3) is 34.6. The van der Waals surface area contributed by atoms with Gasteiger partial charge in [0.2, 0.25) is 0 Å². The lowest BCUT2D eigenvalue weighted by Gasteiger charge is -2.58. The minimum atomic E-state index is -2.85. The zero-order valence-corrected chi connectivity index (χ0v) is 98.7. The Hall–Kier alpha value is -4.73. The average molecular weight is 2260 g/mol. The van der Waals surface area contributed by atoms with Gasteiger partial charge in [-0.3, -0.25) is 38.4 Å². The normalized spacial score (nSPS) is 38.1. The number of fused-ring (bicyclic) bond motifs is 2. The molecule has 0 aromatic rings. The second-order valence-electron chi connectivity index (χ2n) is 43.9. The molecule has 10 aliphatic heterocycles. The second-order valence-corrected chi connectivity index (χ2v) is 58.7. The Bertz CT molecular complexity index is 4240. The fourth-order valence-corrected chi connectivity index (χ4v) is 34.9. The SMILES string of the molecule is CC(=O)OCC1O[C@@H](OC2[C@@H]3O[Si](C(C)(C)C)(C(C)(C)C)OCC3O[C@@H](SCC#N)[C@H]2C)C(C)C(C)[C@H]1OC(C)=O.CC(=O)OCC1O[C@@H](OC2[C@H](O)C(CO)O[C@@H](SCC#N)[C@H]2C)C(C)C(C)[C@H]1OC(C)=O.CC(=O)OCC1O[C@H](Br)[C@@H](C)C(C)[C@H]1OC(C)=O.CCC1O[C@@H](SCC#N)[C@@H](C)C(O[C@@H]2OC(COC(C)=O)[C@H](OC(C)=O)C(C)C2C)[C@@H]1O.C[C@H]1C(O)[C@@H]2O[Si](C(C)(C)C)(C(C)(C)C)OCC2O[C@H]1SCC#N. The van der Waals surface area contributed by atoms with Crippen molar-refractivity contribution in [2.45, 2.75) is 423 Å². The van der Waals surface area contributed by atoms with E-state index in [1.165, 1.54) is 102 Å². The molecule has 0 aliphatic carbocycles. The molecule has 840 valence electrons. The maximum absolute atomic E-state index is 11.9. The van der Waals surface area contributed by atoms with Crippen molar-refractivity contribution in [3.05, 3.63) is 0 Å². The third-order valence-electron chi connectivity index (χ3n) is 28.8. The van der Waals surface area contributed by atoms with E-state index in [0.29, 0.717) is 25.4 Å². The summed E-state index contributed by atoms with van der Waals surface area (Å²) in [5.74, 6) is -3.81. The molecule has 10 aliphatic rings. The minimum absolute atomic E-state index is 0.0609. The minimum Gasteiger partial charge on any atom is -0.463 e. The van der Waals surface area contributed by atoms with Crippen molar-refractivity contribution in [2.75, 3.05) is 69.3 Å². The number of alkyl halides is 1. The van der Waals surface area contributed by atoms with Crippen LogP contribution < -0.4 is 0 Å². The molecule has 10 heterocycles. The Labute approximate surface area is 896 Å². The zero-order chi connectivity index (χ0) is 111.